The summed E-state index contributed by atoms with van der Waals surface area (Å²) in [5.41, 5.74) is 1.22. The van der Waals surface area contributed by atoms with E-state index >= 15 is 0 Å². The van der Waals surface area contributed by atoms with E-state index in [4.69, 9.17) is 4.74 Å². The van der Waals surface area contributed by atoms with Crippen LogP contribution in [-0.2, 0) is 4.79 Å². The average molecular weight is 544 g/mol. The first kappa shape index (κ1) is 27.0. The molecule has 0 unspecified atom stereocenters. The van der Waals surface area contributed by atoms with Crippen molar-refractivity contribution in [1.29, 1.82) is 0 Å². The van der Waals surface area contributed by atoms with Gasteiger partial charge in [0, 0.05) is 31.2 Å². The fraction of sp³-hybridized carbons (Fsp3) is 0.556. The smallest absolute Gasteiger partial charge is 0.342 e. The number of carbonyl (C=O) groups excluding carboxylic acids is 2. The van der Waals surface area contributed by atoms with Gasteiger partial charge in [0.15, 0.2) is 5.82 Å². The summed E-state index contributed by atoms with van der Waals surface area (Å²) in [5, 5.41) is 6.16. The molecule has 12 heteroatoms. The van der Waals surface area contributed by atoms with Crippen LogP contribution >= 0.6 is 0 Å². The van der Waals surface area contributed by atoms with Gasteiger partial charge in [-0.2, -0.15) is 13.8 Å². The van der Waals surface area contributed by atoms with Gasteiger partial charge in [-0.1, -0.05) is 19.3 Å². The topological polar surface area (TPSA) is 103 Å². The lowest BCUT2D eigenvalue weighted by atomic mass is 9.94. The quantitative estimate of drug-likeness (QED) is 0.572. The van der Waals surface area contributed by atoms with Gasteiger partial charge in [0.05, 0.1) is 25.5 Å². The number of fused-ring (bicyclic) bond motifs is 1. The zero-order valence-electron chi connectivity index (χ0n) is 22.5. The zero-order valence-corrected chi connectivity index (χ0v) is 22.5. The van der Waals surface area contributed by atoms with E-state index < -0.39 is 18.4 Å². The zero-order chi connectivity index (χ0) is 27.7. The highest BCUT2D eigenvalue weighted by Crippen LogP contribution is 2.39. The molecule has 0 spiro atoms. The first-order chi connectivity index (χ1) is 18.7. The molecule has 3 heterocycles. The van der Waals surface area contributed by atoms with Gasteiger partial charge in [-0.3, -0.25) is 9.59 Å². The highest BCUT2D eigenvalue weighted by molar-refractivity contribution is 6.02. The van der Waals surface area contributed by atoms with Crippen molar-refractivity contribution in [2.75, 3.05) is 56.0 Å². The molecule has 10 nitrogen and oxygen atoms in total. The summed E-state index contributed by atoms with van der Waals surface area (Å²) in [6.45, 7) is 1.02. The molecule has 1 aliphatic carbocycles. The number of rotatable bonds is 6. The number of hydrogen-bond donors (Lipinski definition) is 2. The van der Waals surface area contributed by atoms with Crippen LogP contribution in [0, 0.1) is 0 Å². The fourth-order valence-corrected chi connectivity index (χ4v) is 5.66. The molecule has 2 aromatic rings. The van der Waals surface area contributed by atoms with Gasteiger partial charge in [0.25, 0.3) is 11.8 Å². The maximum absolute atomic E-state index is 14.9. The SMILES string of the molecule is COc1cc(C(=O)N[C@@H]2CCN(C)C2)ccc1Nc1ncc2c(n1)N(C1CCCCC1)CC(F)(F)C(=O)N2C. The van der Waals surface area contributed by atoms with E-state index in [0.717, 1.165) is 56.5 Å². The summed E-state index contributed by atoms with van der Waals surface area (Å²) in [6.07, 6.45) is 6.76. The normalized spacial score (nSPS) is 21.9. The van der Waals surface area contributed by atoms with Crippen molar-refractivity contribution >= 4 is 35.0 Å². The number of carbonyl (C=O) groups is 2. The third-order valence-corrected chi connectivity index (χ3v) is 7.82. The van der Waals surface area contributed by atoms with Gasteiger partial charge in [-0.25, -0.2) is 4.98 Å². The first-order valence-corrected chi connectivity index (χ1v) is 13.4. The Labute approximate surface area is 226 Å². The third-order valence-electron chi connectivity index (χ3n) is 7.82. The molecule has 2 fully saturated rings. The second-order valence-electron chi connectivity index (χ2n) is 10.7. The van der Waals surface area contributed by atoms with E-state index in [1.807, 2.05) is 7.05 Å². The Bertz CT molecular complexity index is 1240. The van der Waals surface area contributed by atoms with E-state index in [9.17, 15) is 18.4 Å². The van der Waals surface area contributed by atoms with E-state index in [2.05, 4.69) is 25.5 Å². The Morgan fingerprint density at radius 3 is 2.62 bits per heavy atom. The van der Waals surface area contributed by atoms with Crippen LogP contribution < -0.4 is 25.2 Å². The van der Waals surface area contributed by atoms with Gasteiger partial charge in [0.1, 0.15) is 11.4 Å². The monoisotopic (exact) mass is 543 g/mol. The highest BCUT2D eigenvalue weighted by Gasteiger charge is 2.48. The highest BCUT2D eigenvalue weighted by atomic mass is 19.3. The summed E-state index contributed by atoms with van der Waals surface area (Å²) >= 11 is 0. The molecule has 5 rings (SSSR count). The van der Waals surface area contributed by atoms with Crippen LogP contribution in [0.2, 0.25) is 0 Å². The minimum Gasteiger partial charge on any atom is -0.495 e. The Hall–Kier alpha value is -3.54. The summed E-state index contributed by atoms with van der Waals surface area (Å²) < 4.78 is 35.4. The lowest BCUT2D eigenvalue weighted by molar-refractivity contribution is -0.140. The number of amides is 2. The van der Waals surface area contributed by atoms with Crippen LogP contribution in [0.15, 0.2) is 24.4 Å². The summed E-state index contributed by atoms with van der Waals surface area (Å²) in [7, 11) is 4.85. The summed E-state index contributed by atoms with van der Waals surface area (Å²) in [4.78, 5) is 39.0. The van der Waals surface area contributed by atoms with Gasteiger partial charge in [-0.05, 0) is 51.1 Å². The standard InChI is InChI=1S/C27H35F2N7O3/c1-34-12-11-18(15-34)31-24(37)17-9-10-20(22(13-17)39-3)32-26-30-14-21-23(33-26)36(19-7-5-4-6-8-19)16-27(28,29)25(38)35(21)2/h9-10,13-14,18-19H,4-8,11-12,15-16H2,1-3H3,(H,31,37)(H,30,32,33)/t18-/m1/s1. The molecule has 0 bridgehead atoms. The number of halogens is 2. The minimum absolute atomic E-state index is 0.101. The predicted molar refractivity (Wildman–Crippen MR) is 144 cm³/mol. The Balaban J connectivity index is 1.41. The number of hydrogen-bond acceptors (Lipinski definition) is 8. The molecular formula is C27H35F2N7O3. The van der Waals surface area contributed by atoms with E-state index in [0.29, 0.717) is 22.8 Å². The number of anilines is 4. The van der Waals surface area contributed by atoms with Gasteiger partial charge in [0.2, 0.25) is 5.95 Å². The number of likely N-dealkylation sites (N-methyl/N-ethyl adjacent to an activating group) is 1. The van der Waals surface area contributed by atoms with Gasteiger partial charge < -0.3 is 30.1 Å². The number of likely N-dealkylation sites (tertiary alicyclic amines) is 1. The molecule has 1 saturated heterocycles. The number of nitrogens with zero attached hydrogens (tertiary/aromatic N) is 5. The van der Waals surface area contributed by atoms with Crippen LogP contribution in [-0.4, -0.2) is 85.5 Å². The molecule has 2 aliphatic heterocycles. The van der Waals surface area contributed by atoms with Crippen molar-refractivity contribution in [2.45, 2.75) is 56.5 Å². The molecule has 1 aromatic heterocycles. The van der Waals surface area contributed by atoms with E-state index in [-0.39, 0.29) is 29.6 Å². The first-order valence-electron chi connectivity index (χ1n) is 13.4. The number of methoxy groups -OCH3 is 1. The van der Waals surface area contributed by atoms with Crippen molar-refractivity contribution in [3.63, 3.8) is 0 Å². The Morgan fingerprint density at radius 2 is 1.92 bits per heavy atom. The van der Waals surface area contributed by atoms with Crippen LogP contribution in [0.3, 0.4) is 0 Å². The number of nitrogens with one attached hydrogen (secondary N) is 2. The average Bonchev–Trinajstić information content (AvgIpc) is 3.32. The molecule has 0 radical (unpaired) electrons. The second kappa shape index (κ2) is 10.9. The maximum atomic E-state index is 14.9. The van der Waals surface area contributed by atoms with Crippen molar-refractivity contribution in [3.05, 3.63) is 30.0 Å². The molecule has 1 aromatic carbocycles. The summed E-state index contributed by atoms with van der Waals surface area (Å²) in [5.74, 6) is -4.13. The molecule has 1 saturated carbocycles. The van der Waals surface area contributed by atoms with E-state index in [1.54, 1.807) is 23.1 Å². The van der Waals surface area contributed by atoms with Gasteiger partial charge in [-0.15, -0.1) is 0 Å². The lowest BCUT2D eigenvalue weighted by Crippen LogP contribution is -2.49. The number of alkyl halides is 2. The van der Waals surface area contributed by atoms with Crippen LogP contribution in [0.5, 0.6) is 5.75 Å². The van der Waals surface area contributed by atoms with Crippen molar-refractivity contribution in [2.24, 2.45) is 0 Å². The van der Waals surface area contributed by atoms with Gasteiger partial charge >= 0.3 is 5.92 Å². The minimum atomic E-state index is -3.55. The predicted octanol–water partition coefficient (Wildman–Crippen LogP) is 3.41. The Kier molecular flexibility index (Phi) is 7.57. The van der Waals surface area contributed by atoms with Crippen LogP contribution in [0.1, 0.15) is 48.9 Å². The molecule has 2 N–H and O–H groups in total. The lowest BCUT2D eigenvalue weighted by Gasteiger charge is -2.35. The second-order valence-corrected chi connectivity index (χ2v) is 10.7. The third kappa shape index (κ3) is 5.61. The van der Waals surface area contributed by atoms with Crippen LogP contribution in [0.4, 0.5) is 31.9 Å². The number of ether oxygens (including phenoxy) is 1. The number of benzene rings is 1. The molecular weight excluding hydrogens is 508 g/mol. The maximum Gasteiger partial charge on any atom is 0.342 e. The molecule has 210 valence electrons. The largest absolute Gasteiger partial charge is 0.495 e. The van der Waals surface area contributed by atoms with Crippen molar-refractivity contribution < 1.29 is 23.1 Å². The molecule has 3 aliphatic rings. The molecule has 1 atom stereocenters. The van der Waals surface area contributed by atoms with Crippen molar-refractivity contribution in [1.82, 2.24) is 20.2 Å². The van der Waals surface area contributed by atoms with E-state index in [1.165, 1.54) is 20.4 Å². The van der Waals surface area contributed by atoms with Crippen molar-refractivity contribution in [3.8, 4) is 5.75 Å². The fourth-order valence-electron chi connectivity index (χ4n) is 5.66. The number of aromatic nitrogens is 2. The summed E-state index contributed by atoms with van der Waals surface area (Å²) in [6, 6.07) is 4.98. The van der Waals surface area contributed by atoms with Crippen LogP contribution in [0.25, 0.3) is 0 Å². The Morgan fingerprint density at radius 1 is 1.15 bits per heavy atom. The molecule has 2 amide bonds. The molecule has 39 heavy (non-hydrogen) atoms.